The van der Waals surface area contributed by atoms with Crippen LogP contribution in [-0.2, 0) is 0 Å². The van der Waals surface area contributed by atoms with E-state index in [2.05, 4.69) is 37.8 Å². The van der Waals surface area contributed by atoms with Crippen molar-refractivity contribution in [1.82, 2.24) is 5.32 Å². The lowest BCUT2D eigenvalue weighted by Crippen LogP contribution is -2.37. The van der Waals surface area contributed by atoms with Gasteiger partial charge in [-0.2, -0.15) is 11.8 Å². The van der Waals surface area contributed by atoms with Gasteiger partial charge in [0.05, 0.1) is 0 Å². The molecule has 0 heterocycles. The molecular weight excluding hydrogens is 214 g/mol. The molecule has 3 atom stereocenters. The Morgan fingerprint density at radius 3 is 2.69 bits per heavy atom. The lowest BCUT2D eigenvalue weighted by atomic mass is 9.98. The first-order valence-corrected chi connectivity index (χ1v) is 8.25. The third-order valence-electron chi connectivity index (χ3n) is 3.76. The molecule has 3 unspecified atom stereocenters. The first-order chi connectivity index (χ1) is 7.76. The van der Waals surface area contributed by atoms with E-state index in [0.29, 0.717) is 6.04 Å². The summed E-state index contributed by atoms with van der Waals surface area (Å²) in [5.74, 6) is 3.52. The van der Waals surface area contributed by atoms with E-state index in [1.807, 2.05) is 0 Å². The van der Waals surface area contributed by atoms with E-state index in [9.17, 15) is 0 Å². The van der Waals surface area contributed by atoms with Gasteiger partial charge in [-0.3, -0.25) is 0 Å². The Morgan fingerprint density at radius 2 is 2.00 bits per heavy atom. The lowest BCUT2D eigenvalue weighted by Gasteiger charge is -2.21. The summed E-state index contributed by atoms with van der Waals surface area (Å²) >= 11 is 2.05. The fourth-order valence-electron chi connectivity index (χ4n) is 2.70. The normalized spacial score (nSPS) is 28.7. The SMILES string of the molecule is CCSCC(C)NC1CCCC(CC)CC1. The summed E-state index contributed by atoms with van der Waals surface area (Å²) in [6.07, 6.45) is 8.53. The molecule has 1 N–H and O–H groups in total. The molecule has 0 aliphatic heterocycles. The number of hydrogen-bond acceptors (Lipinski definition) is 2. The maximum absolute atomic E-state index is 3.82. The average molecular weight is 243 g/mol. The molecule has 1 aliphatic rings. The van der Waals surface area contributed by atoms with Crippen LogP contribution in [0.2, 0.25) is 0 Å². The van der Waals surface area contributed by atoms with Crippen molar-refractivity contribution in [2.75, 3.05) is 11.5 Å². The predicted molar refractivity (Wildman–Crippen MR) is 76.3 cm³/mol. The molecule has 0 radical (unpaired) electrons. The van der Waals surface area contributed by atoms with Crippen LogP contribution in [-0.4, -0.2) is 23.6 Å². The zero-order valence-electron chi connectivity index (χ0n) is 11.3. The van der Waals surface area contributed by atoms with Crippen molar-refractivity contribution in [2.45, 2.75) is 71.4 Å². The zero-order valence-corrected chi connectivity index (χ0v) is 12.1. The van der Waals surface area contributed by atoms with E-state index in [0.717, 1.165) is 12.0 Å². The van der Waals surface area contributed by atoms with Crippen molar-refractivity contribution in [1.29, 1.82) is 0 Å². The highest BCUT2D eigenvalue weighted by atomic mass is 32.2. The third-order valence-corrected chi connectivity index (χ3v) is 4.90. The molecule has 1 nitrogen and oxygen atoms in total. The molecule has 0 bridgehead atoms. The van der Waals surface area contributed by atoms with Gasteiger partial charge in [-0.15, -0.1) is 0 Å². The fraction of sp³-hybridized carbons (Fsp3) is 1.00. The highest BCUT2D eigenvalue weighted by Crippen LogP contribution is 2.25. The molecular formula is C14H29NS. The molecule has 0 aromatic carbocycles. The molecule has 0 aromatic heterocycles. The third kappa shape index (κ3) is 5.58. The Labute approximate surface area is 106 Å². The smallest absolute Gasteiger partial charge is 0.0132 e. The monoisotopic (exact) mass is 243 g/mol. The minimum atomic E-state index is 0.688. The second kappa shape index (κ2) is 8.41. The first kappa shape index (κ1) is 14.4. The molecule has 1 aliphatic carbocycles. The van der Waals surface area contributed by atoms with Gasteiger partial charge in [-0.1, -0.05) is 33.1 Å². The highest BCUT2D eigenvalue weighted by molar-refractivity contribution is 7.99. The molecule has 1 fully saturated rings. The average Bonchev–Trinajstić information content (AvgIpc) is 2.51. The summed E-state index contributed by atoms with van der Waals surface area (Å²) in [6.45, 7) is 6.93. The Morgan fingerprint density at radius 1 is 1.19 bits per heavy atom. The molecule has 0 amide bonds. The molecule has 0 aromatic rings. The van der Waals surface area contributed by atoms with Crippen LogP contribution in [0.5, 0.6) is 0 Å². The molecule has 1 saturated carbocycles. The van der Waals surface area contributed by atoms with Crippen LogP contribution in [0.25, 0.3) is 0 Å². The van der Waals surface area contributed by atoms with Gasteiger partial charge in [0, 0.05) is 17.8 Å². The second-order valence-corrected chi connectivity index (χ2v) is 6.53. The van der Waals surface area contributed by atoms with E-state index < -0.39 is 0 Å². The van der Waals surface area contributed by atoms with Crippen LogP contribution in [0.3, 0.4) is 0 Å². The predicted octanol–water partition coefficient (Wildman–Crippen LogP) is 4.08. The Balaban J connectivity index is 2.21. The Hall–Kier alpha value is 0.310. The highest BCUT2D eigenvalue weighted by Gasteiger charge is 2.18. The van der Waals surface area contributed by atoms with Gasteiger partial charge in [0.25, 0.3) is 0 Å². The maximum Gasteiger partial charge on any atom is 0.0132 e. The van der Waals surface area contributed by atoms with Crippen molar-refractivity contribution in [2.24, 2.45) is 5.92 Å². The summed E-state index contributed by atoms with van der Waals surface area (Å²) in [5, 5.41) is 3.82. The van der Waals surface area contributed by atoms with Gasteiger partial charge in [0.1, 0.15) is 0 Å². The van der Waals surface area contributed by atoms with Gasteiger partial charge >= 0.3 is 0 Å². The number of thioether (sulfide) groups is 1. The van der Waals surface area contributed by atoms with E-state index in [1.165, 1.54) is 50.0 Å². The van der Waals surface area contributed by atoms with E-state index in [-0.39, 0.29) is 0 Å². The second-order valence-electron chi connectivity index (χ2n) is 5.21. The number of rotatable bonds is 6. The fourth-order valence-corrected chi connectivity index (χ4v) is 3.38. The van der Waals surface area contributed by atoms with E-state index >= 15 is 0 Å². The summed E-state index contributed by atoms with van der Waals surface area (Å²) in [6, 6.07) is 1.48. The number of nitrogens with one attached hydrogen (secondary N) is 1. The largest absolute Gasteiger partial charge is 0.311 e. The van der Waals surface area contributed by atoms with Crippen LogP contribution < -0.4 is 5.32 Å². The minimum absolute atomic E-state index is 0.688. The quantitative estimate of drug-likeness (QED) is 0.706. The molecule has 0 saturated heterocycles. The van der Waals surface area contributed by atoms with Gasteiger partial charge < -0.3 is 5.32 Å². The van der Waals surface area contributed by atoms with Gasteiger partial charge in [-0.05, 0) is 37.9 Å². The zero-order chi connectivity index (χ0) is 11.8. The van der Waals surface area contributed by atoms with Crippen LogP contribution in [0.1, 0.15) is 59.3 Å². The van der Waals surface area contributed by atoms with Gasteiger partial charge in [0.2, 0.25) is 0 Å². The Bertz CT molecular complexity index is 172. The van der Waals surface area contributed by atoms with Crippen molar-refractivity contribution < 1.29 is 0 Å². The molecule has 16 heavy (non-hydrogen) atoms. The minimum Gasteiger partial charge on any atom is -0.311 e. The van der Waals surface area contributed by atoms with Crippen molar-refractivity contribution >= 4 is 11.8 Å². The topological polar surface area (TPSA) is 12.0 Å². The standard InChI is InChI=1S/C14H29NS/c1-4-13-7-6-8-14(10-9-13)15-12(3)11-16-5-2/h12-15H,4-11H2,1-3H3. The molecule has 1 rings (SSSR count). The van der Waals surface area contributed by atoms with Gasteiger partial charge in [-0.25, -0.2) is 0 Å². The van der Waals surface area contributed by atoms with Crippen LogP contribution >= 0.6 is 11.8 Å². The Kier molecular flexibility index (Phi) is 7.55. The summed E-state index contributed by atoms with van der Waals surface area (Å²) in [7, 11) is 0. The maximum atomic E-state index is 3.82. The van der Waals surface area contributed by atoms with Gasteiger partial charge in [0.15, 0.2) is 0 Å². The van der Waals surface area contributed by atoms with Crippen molar-refractivity contribution in [3.8, 4) is 0 Å². The number of hydrogen-bond donors (Lipinski definition) is 1. The summed E-state index contributed by atoms with van der Waals surface area (Å²) < 4.78 is 0. The molecule has 96 valence electrons. The van der Waals surface area contributed by atoms with Crippen LogP contribution in [0.15, 0.2) is 0 Å². The molecule has 0 spiro atoms. The summed E-state index contributed by atoms with van der Waals surface area (Å²) in [5.41, 5.74) is 0. The first-order valence-electron chi connectivity index (χ1n) is 7.10. The molecule has 2 heteroatoms. The van der Waals surface area contributed by atoms with E-state index in [1.54, 1.807) is 0 Å². The van der Waals surface area contributed by atoms with Crippen LogP contribution in [0, 0.1) is 5.92 Å². The van der Waals surface area contributed by atoms with Crippen molar-refractivity contribution in [3.05, 3.63) is 0 Å². The van der Waals surface area contributed by atoms with Crippen LogP contribution in [0.4, 0.5) is 0 Å². The van der Waals surface area contributed by atoms with E-state index in [4.69, 9.17) is 0 Å². The lowest BCUT2D eigenvalue weighted by molar-refractivity contribution is 0.407. The summed E-state index contributed by atoms with van der Waals surface area (Å²) in [4.78, 5) is 0. The van der Waals surface area contributed by atoms with Crippen molar-refractivity contribution in [3.63, 3.8) is 0 Å².